The largest absolute Gasteiger partial charge is 0.466 e. The summed E-state index contributed by atoms with van der Waals surface area (Å²) in [5.74, 6) is 0.318. The zero-order valence-corrected chi connectivity index (χ0v) is 16.9. The monoisotopic (exact) mass is 391 g/mol. The molecule has 0 amide bonds. The van der Waals surface area contributed by atoms with E-state index in [1.807, 2.05) is 19.9 Å². The van der Waals surface area contributed by atoms with Crippen LogP contribution in [0.5, 0.6) is 0 Å². The van der Waals surface area contributed by atoms with Crippen molar-refractivity contribution in [1.82, 2.24) is 9.97 Å². The van der Waals surface area contributed by atoms with Gasteiger partial charge in [0.25, 0.3) is 0 Å². The third kappa shape index (κ3) is 8.66. The summed E-state index contributed by atoms with van der Waals surface area (Å²) in [6.45, 7) is 9.04. The number of nitrogens with one attached hydrogen (secondary N) is 2. The first-order valence-electron chi connectivity index (χ1n) is 9.45. The van der Waals surface area contributed by atoms with E-state index in [0.29, 0.717) is 50.1 Å². The van der Waals surface area contributed by atoms with Crippen molar-refractivity contribution in [2.24, 2.45) is 11.8 Å². The van der Waals surface area contributed by atoms with E-state index in [-0.39, 0.29) is 30.2 Å². The molecule has 154 valence electrons. The molecule has 0 aliphatic rings. The molecule has 0 aliphatic carbocycles. The number of esters is 2. The Morgan fingerprint density at radius 1 is 1.07 bits per heavy atom. The quantitative estimate of drug-likeness (QED) is 0.516. The molecular weight excluding hydrogens is 362 g/mol. The van der Waals surface area contributed by atoms with E-state index in [9.17, 15) is 14.9 Å². The first-order chi connectivity index (χ1) is 13.4. The van der Waals surface area contributed by atoms with Crippen LogP contribution in [0.2, 0.25) is 0 Å². The molecule has 0 saturated carbocycles. The lowest BCUT2D eigenvalue weighted by Gasteiger charge is -2.15. The van der Waals surface area contributed by atoms with Crippen LogP contribution in [-0.4, -0.2) is 48.2 Å². The number of nitrogens with zero attached hydrogens (tertiary/aromatic N) is 3. The lowest BCUT2D eigenvalue weighted by molar-refractivity contribution is -0.144. The summed E-state index contributed by atoms with van der Waals surface area (Å²) >= 11 is 0. The minimum atomic E-state index is -0.252. The van der Waals surface area contributed by atoms with E-state index >= 15 is 0 Å². The van der Waals surface area contributed by atoms with E-state index in [2.05, 4.69) is 20.6 Å². The maximum absolute atomic E-state index is 11.5. The second-order valence-corrected chi connectivity index (χ2v) is 6.56. The van der Waals surface area contributed by atoms with Crippen LogP contribution in [0.1, 0.15) is 46.1 Å². The van der Waals surface area contributed by atoms with Gasteiger partial charge in [0, 0.05) is 25.9 Å². The molecule has 0 saturated heterocycles. The lowest BCUT2D eigenvalue weighted by Crippen LogP contribution is -2.20. The van der Waals surface area contributed by atoms with Crippen molar-refractivity contribution in [3.05, 3.63) is 11.8 Å². The Labute approximate surface area is 165 Å². The second-order valence-electron chi connectivity index (χ2n) is 6.56. The van der Waals surface area contributed by atoms with Crippen LogP contribution in [0.4, 0.5) is 11.8 Å². The Balaban J connectivity index is 2.61. The minimum absolute atomic E-state index is 0.0153. The van der Waals surface area contributed by atoms with Crippen LogP contribution in [0, 0.1) is 23.2 Å². The summed E-state index contributed by atoms with van der Waals surface area (Å²) in [7, 11) is 0. The van der Waals surface area contributed by atoms with Crippen molar-refractivity contribution in [2.75, 3.05) is 36.9 Å². The predicted molar refractivity (Wildman–Crippen MR) is 105 cm³/mol. The van der Waals surface area contributed by atoms with Gasteiger partial charge >= 0.3 is 11.9 Å². The highest BCUT2D eigenvalue weighted by atomic mass is 16.5. The van der Waals surface area contributed by atoms with E-state index < -0.39 is 0 Å². The molecule has 0 fully saturated rings. The Kier molecular flexibility index (Phi) is 10.3. The van der Waals surface area contributed by atoms with Gasteiger partial charge in [0.05, 0.1) is 19.4 Å². The zero-order chi connectivity index (χ0) is 20.9. The Morgan fingerprint density at radius 3 is 2.11 bits per heavy atom. The normalized spacial score (nSPS) is 12.4. The van der Waals surface area contributed by atoms with Gasteiger partial charge in [0.15, 0.2) is 0 Å². The van der Waals surface area contributed by atoms with Crippen LogP contribution in [0.25, 0.3) is 0 Å². The number of anilines is 2. The Bertz CT molecular complexity index is 689. The molecule has 0 spiro atoms. The molecule has 0 radical (unpaired) electrons. The number of carbonyl (C=O) groups excluding carboxylic acids is 2. The summed E-state index contributed by atoms with van der Waals surface area (Å²) < 4.78 is 9.87. The maximum atomic E-state index is 11.5. The van der Waals surface area contributed by atoms with Gasteiger partial charge < -0.3 is 20.1 Å². The summed E-state index contributed by atoms with van der Waals surface area (Å²) in [6.07, 6.45) is 2.02. The van der Waals surface area contributed by atoms with Gasteiger partial charge in [-0.2, -0.15) is 10.2 Å². The molecule has 2 unspecified atom stereocenters. The molecule has 9 nitrogen and oxygen atoms in total. The molecule has 0 aromatic carbocycles. The van der Waals surface area contributed by atoms with Gasteiger partial charge in [0.2, 0.25) is 5.95 Å². The van der Waals surface area contributed by atoms with Crippen LogP contribution in [0.15, 0.2) is 6.20 Å². The first kappa shape index (κ1) is 23.1. The third-order valence-corrected chi connectivity index (χ3v) is 3.78. The van der Waals surface area contributed by atoms with Crippen molar-refractivity contribution in [2.45, 2.75) is 40.5 Å². The molecule has 1 rings (SSSR count). The lowest BCUT2D eigenvalue weighted by atomic mass is 10.1. The number of carbonyl (C=O) groups is 2. The van der Waals surface area contributed by atoms with Crippen molar-refractivity contribution >= 4 is 23.7 Å². The topological polar surface area (TPSA) is 126 Å². The van der Waals surface area contributed by atoms with E-state index in [1.165, 1.54) is 6.20 Å². The number of rotatable bonds is 12. The number of aromatic nitrogens is 2. The maximum Gasteiger partial charge on any atom is 0.306 e. The fourth-order valence-corrected chi connectivity index (χ4v) is 2.37. The Morgan fingerprint density at radius 2 is 1.61 bits per heavy atom. The summed E-state index contributed by atoms with van der Waals surface area (Å²) in [6, 6.07) is 2.04. The molecule has 2 N–H and O–H groups in total. The minimum Gasteiger partial charge on any atom is -0.466 e. The van der Waals surface area contributed by atoms with Crippen molar-refractivity contribution < 1.29 is 19.1 Å². The molecule has 1 heterocycles. The van der Waals surface area contributed by atoms with Crippen molar-refractivity contribution in [3.63, 3.8) is 0 Å². The highest BCUT2D eigenvalue weighted by Gasteiger charge is 2.14. The average molecular weight is 391 g/mol. The van der Waals surface area contributed by atoms with E-state index in [1.54, 1.807) is 13.8 Å². The van der Waals surface area contributed by atoms with Gasteiger partial charge in [-0.15, -0.1) is 0 Å². The highest BCUT2D eigenvalue weighted by molar-refractivity contribution is 5.70. The number of hydrogen-bond donors (Lipinski definition) is 2. The highest BCUT2D eigenvalue weighted by Crippen LogP contribution is 2.15. The van der Waals surface area contributed by atoms with E-state index in [0.717, 1.165) is 0 Å². The van der Waals surface area contributed by atoms with Gasteiger partial charge in [0.1, 0.15) is 17.5 Å². The molecule has 0 aliphatic heterocycles. The number of nitriles is 1. The molecular formula is C19H29N5O4. The van der Waals surface area contributed by atoms with Crippen LogP contribution in [0.3, 0.4) is 0 Å². The SMILES string of the molecule is CCOC(=O)CC(C)CNc1ncc(C#N)c(NCC(C)CC(=O)OCC)n1. The first-order valence-corrected chi connectivity index (χ1v) is 9.45. The molecule has 28 heavy (non-hydrogen) atoms. The Hall–Kier alpha value is -2.89. The van der Waals surface area contributed by atoms with Crippen LogP contribution >= 0.6 is 0 Å². The van der Waals surface area contributed by atoms with Gasteiger partial charge in [-0.3, -0.25) is 9.59 Å². The average Bonchev–Trinajstić information content (AvgIpc) is 2.65. The number of hydrogen-bond acceptors (Lipinski definition) is 9. The standard InChI is InChI=1S/C19H29N5O4/c1-5-27-16(25)7-13(3)10-21-18-15(9-20)12-23-19(24-18)22-11-14(4)8-17(26)28-6-2/h12-14H,5-8,10-11H2,1-4H3,(H2,21,22,23,24). The van der Waals surface area contributed by atoms with E-state index in [4.69, 9.17) is 9.47 Å². The van der Waals surface area contributed by atoms with Gasteiger partial charge in [-0.25, -0.2) is 4.98 Å². The van der Waals surface area contributed by atoms with Crippen molar-refractivity contribution in [1.29, 1.82) is 5.26 Å². The molecule has 0 bridgehead atoms. The van der Waals surface area contributed by atoms with Gasteiger partial charge in [-0.1, -0.05) is 13.8 Å². The fourth-order valence-electron chi connectivity index (χ4n) is 2.37. The predicted octanol–water partition coefficient (Wildman–Crippen LogP) is 2.35. The molecule has 2 atom stereocenters. The zero-order valence-electron chi connectivity index (χ0n) is 16.9. The van der Waals surface area contributed by atoms with Crippen LogP contribution in [-0.2, 0) is 19.1 Å². The summed E-state index contributed by atoms with van der Waals surface area (Å²) in [4.78, 5) is 31.5. The summed E-state index contributed by atoms with van der Waals surface area (Å²) in [5, 5.41) is 15.4. The van der Waals surface area contributed by atoms with Gasteiger partial charge in [-0.05, 0) is 25.7 Å². The number of ether oxygens (including phenoxy) is 2. The summed E-state index contributed by atoms with van der Waals surface area (Å²) in [5.41, 5.74) is 0.313. The molecule has 1 aromatic heterocycles. The third-order valence-electron chi connectivity index (χ3n) is 3.78. The molecule has 9 heteroatoms. The fraction of sp³-hybridized carbons (Fsp3) is 0.632. The second kappa shape index (κ2) is 12.5. The smallest absolute Gasteiger partial charge is 0.306 e. The van der Waals surface area contributed by atoms with Crippen LogP contribution < -0.4 is 10.6 Å². The molecule has 1 aromatic rings. The van der Waals surface area contributed by atoms with Crippen molar-refractivity contribution in [3.8, 4) is 6.07 Å².